The fourth-order valence-corrected chi connectivity index (χ4v) is 1.89. The van der Waals surface area contributed by atoms with E-state index >= 15 is 0 Å². The number of likely N-dealkylation sites (tertiary alicyclic amines) is 1. The molecule has 0 radical (unpaired) electrons. The number of hydrogen-bond donors (Lipinski definition) is 1. The van der Waals surface area contributed by atoms with Crippen molar-refractivity contribution in [2.75, 3.05) is 20.3 Å². The van der Waals surface area contributed by atoms with Crippen molar-refractivity contribution in [2.45, 2.75) is 31.2 Å². The Hall–Kier alpha value is -1.24. The number of aliphatic carboxylic acids is 1. The second-order valence-corrected chi connectivity index (χ2v) is 4.08. The van der Waals surface area contributed by atoms with E-state index in [4.69, 9.17) is 9.84 Å². The third-order valence-corrected chi connectivity index (χ3v) is 2.61. The summed E-state index contributed by atoms with van der Waals surface area (Å²) in [5, 5.41) is 8.43. The van der Waals surface area contributed by atoms with E-state index in [1.54, 1.807) is 0 Å². The molecule has 1 N–H and O–H groups in total. The van der Waals surface area contributed by atoms with Gasteiger partial charge in [0.1, 0.15) is 0 Å². The molecule has 1 aliphatic heterocycles. The fraction of sp³-hybridized carbons (Fsp3) is 0.800. The Bertz CT molecular complexity index is 309. The zero-order valence-corrected chi connectivity index (χ0v) is 9.49. The smallest absolute Gasteiger partial charge is 0.303 e. The molecule has 1 atom stereocenters. The second kappa shape index (κ2) is 5.39. The number of halogens is 2. The third-order valence-electron chi connectivity index (χ3n) is 2.61. The van der Waals surface area contributed by atoms with E-state index in [-0.39, 0.29) is 19.4 Å². The molecule has 0 spiro atoms. The number of rotatable bonds is 5. The first-order chi connectivity index (χ1) is 7.85. The van der Waals surface area contributed by atoms with Crippen LogP contribution in [0.4, 0.5) is 8.78 Å². The van der Waals surface area contributed by atoms with E-state index in [9.17, 15) is 18.4 Å². The van der Waals surface area contributed by atoms with Gasteiger partial charge in [-0.15, -0.1) is 0 Å². The molecule has 1 heterocycles. The fourth-order valence-electron chi connectivity index (χ4n) is 1.89. The number of carboxylic acids is 1. The summed E-state index contributed by atoms with van der Waals surface area (Å²) >= 11 is 0. The zero-order valence-electron chi connectivity index (χ0n) is 9.49. The van der Waals surface area contributed by atoms with Gasteiger partial charge in [-0.3, -0.25) is 9.59 Å². The SMILES string of the molecule is COC[C@H]1CC(F)(F)CN1C(=O)CCC(=O)O. The minimum atomic E-state index is -2.91. The molecule has 1 saturated heterocycles. The van der Waals surface area contributed by atoms with Crippen molar-refractivity contribution in [1.82, 2.24) is 4.90 Å². The molecule has 1 rings (SSSR count). The van der Waals surface area contributed by atoms with Gasteiger partial charge in [0.15, 0.2) is 0 Å². The molecule has 0 aromatic heterocycles. The van der Waals surface area contributed by atoms with Gasteiger partial charge in [-0.25, -0.2) is 8.78 Å². The van der Waals surface area contributed by atoms with Crippen molar-refractivity contribution in [3.8, 4) is 0 Å². The van der Waals surface area contributed by atoms with E-state index in [0.717, 1.165) is 4.90 Å². The monoisotopic (exact) mass is 251 g/mol. The Morgan fingerprint density at radius 2 is 2.12 bits per heavy atom. The van der Waals surface area contributed by atoms with Crippen LogP contribution in [0.15, 0.2) is 0 Å². The van der Waals surface area contributed by atoms with Crippen molar-refractivity contribution < 1.29 is 28.2 Å². The Labute approximate surface area is 97.3 Å². The highest BCUT2D eigenvalue weighted by Crippen LogP contribution is 2.32. The molecule has 17 heavy (non-hydrogen) atoms. The maximum atomic E-state index is 13.2. The summed E-state index contributed by atoms with van der Waals surface area (Å²) < 4.78 is 31.1. The molecule has 5 nitrogen and oxygen atoms in total. The third kappa shape index (κ3) is 3.92. The molecule has 1 fully saturated rings. The largest absolute Gasteiger partial charge is 0.481 e. The van der Waals surface area contributed by atoms with Crippen LogP contribution in [0.1, 0.15) is 19.3 Å². The number of carbonyl (C=O) groups is 2. The van der Waals surface area contributed by atoms with Gasteiger partial charge in [-0.05, 0) is 0 Å². The molecule has 0 unspecified atom stereocenters. The van der Waals surface area contributed by atoms with Crippen LogP contribution in [0, 0.1) is 0 Å². The first kappa shape index (κ1) is 13.8. The normalized spacial score (nSPS) is 22.8. The average molecular weight is 251 g/mol. The van der Waals surface area contributed by atoms with Crippen molar-refractivity contribution in [3.63, 3.8) is 0 Å². The highest BCUT2D eigenvalue weighted by molar-refractivity contribution is 5.81. The Morgan fingerprint density at radius 1 is 1.47 bits per heavy atom. The van der Waals surface area contributed by atoms with E-state index in [0.29, 0.717) is 0 Å². The lowest BCUT2D eigenvalue weighted by Gasteiger charge is -2.22. The van der Waals surface area contributed by atoms with Gasteiger partial charge in [-0.2, -0.15) is 0 Å². The lowest BCUT2D eigenvalue weighted by molar-refractivity contribution is -0.141. The van der Waals surface area contributed by atoms with Crippen LogP contribution in [0.2, 0.25) is 0 Å². The summed E-state index contributed by atoms with van der Waals surface area (Å²) in [4.78, 5) is 22.9. The maximum Gasteiger partial charge on any atom is 0.303 e. The molecular weight excluding hydrogens is 236 g/mol. The van der Waals surface area contributed by atoms with Gasteiger partial charge in [0.05, 0.1) is 25.6 Å². The van der Waals surface area contributed by atoms with Gasteiger partial charge >= 0.3 is 5.97 Å². The number of amides is 1. The highest BCUT2D eigenvalue weighted by atomic mass is 19.3. The zero-order chi connectivity index (χ0) is 13.1. The second-order valence-electron chi connectivity index (χ2n) is 4.08. The van der Waals surface area contributed by atoms with Crippen LogP contribution in [0.5, 0.6) is 0 Å². The highest BCUT2D eigenvalue weighted by Gasteiger charge is 2.46. The first-order valence-electron chi connectivity index (χ1n) is 5.24. The minimum Gasteiger partial charge on any atom is -0.481 e. The van der Waals surface area contributed by atoms with Gasteiger partial charge in [0.2, 0.25) is 5.91 Å². The molecular formula is C10H15F2NO4. The summed E-state index contributed by atoms with van der Waals surface area (Å²) in [6, 6.07) is -0.670. The van der Waals surface area contributed by atoms with Crippen molar-refractivity contribution in [1.29, 1.82) is 0 Å². The summed E-state index contributed by atoms with van der Waals surface area (Å²) in [6.45, 7) is -0.617. The molecule has 1 amide bonds. The van der Waals surface area contributed by atoms with Crippen LogP contribution < -0.4 is 0 Å². The first-order valence-corrected chi connectivity index (χ1v) is 5.24. The number of hydrogen-bond acceptors (Lipinski definition) is 3. The average Bonchev–Trinajstić information content (AvgIpc) is 2.51. The van der Waals surface area contributed by atoms with Gasteiger partial charge < -0.3 is 14.7 Å². The number of ether oxygens (including phenoxy) is 1. The minimum absolute atomic E-state index is 0.0361. The Morgan fingerprint density at radius 3 is 2.65 bits per heavy atom. The van der Waals surface area contributed by atoms with E-state index < -0.39 is 36.8 Å². The van der Waals surface area contributed by atoms with E-state index in [2.05, 4.69) is 0 Å². The number of carbonyl (C=O) groups excluding carboxylic acids is 1. The molecule has 0 bridgehead atoms. The summed E-state index contributed by atoms with van der Waals surface area (Å²) in [5.74, 6) is -4.60. The predicted molar refractivity (Wildman–Crippen MR) is 53.8 cm³/mol. The molecule has 0 aliphatic carbocycles. The van der Waals surface area contributed by atoms with Crippen molar-refractivity contribution in [3.05, 3.63) is 0 Å². The quantitative estimate of drug-likeness (QED) is 0.782. The Balaban J connectivity index is 2.60. The maximum absolute atomic E-state index is 13.2. The van der Waals surface area contributed by atoms with Gasteiger partial charge in [0, 0.05) is 20.0 Å². The number of carboxylic acid groups (broad SMARTS) is 1. The molecule has 1 aliphatic rings. The summed E-state index contributed by atoms with van der Waals surface area (Å²) in [5.41, 5.74) is 0. The molecule has 7 heteroatoms. The van der Waals surface area contributed by atoms with E-state index in [1.807, 2.05) is 0 Å². The lowest BCUT2D eigenvalue weighted by atomic mass is 10.2. The number of nitrogens with zero attached hydrogens (tertiary/aromatic N) is 1. The van der Waals surface area contributed by atoms with Gasteiger partial charge in [-0.1, -0.05) is 0 Å². The number of methoxy groups -OCH3 is 1. The van der Waals surface area contributed by atoms with Crippen LogP contribution in [0.3, 0.4) is 0 Å². The molecule has 0 aromatic rings. The van der Waals surface area contributed by atoms with Crippen molar-refractivity contribution in [2.24, 2.45) is 0 Å². The molecule has 0 aromatic carbocycles. The van der Waals surface area contributed by atoms with Crippen LogP contribution in [0.25, 0.3) is 0 Å². The topological polar surface area (TPSA) is 66.8 Å². The molecule has 0 saturated carbocycles. The van der Waals surface area contributed by atoms with Crippen LogP contribution in [-0.2, 0) is 14.3 Å². The summed E-state index contributed by atoms with van der Waals surface area (Å²) in [6.07, 6.45) is -1.04. The number of alkyl halides is 2. The summed E-state index contributed by atoms with van der Waals surface area (Å²) in [7, 11) is 1.37. The molecule has 98 valence electrons. The Kier molecular flexibility index (Phi) is 4.39. The van der Waals surface area contributed by atoms with E-state index in [1.165, 1.54) is 7.11 Å². The standard InChI is InChI=1S/C10H15F2NO4/c1-17-5-7-4-10(11,12)6-13(7)8(14)2-3-9(15)16/h7H,2-6H2,1H3,(H,15,16)/t7-/m1/s1. The van der Waals surface area contributed by atoms with Crippen LogP contribution in [-0.4, -0.2) is 54.1 Å². The van der Waals surface area contributed by atoms with Crippen LogP contribution >= 0.6 is 0 Å². The predicted octanol–water partition coefficient (Wildman–Crippen LogP) is 0.734. The lowest BCUT2D eigenvalue weighted by Crippen LogP contribution is -2.38. The van der Waals surface area contributed by atoms with Crippen molar-refractivity contribution >= 4 is 11.9 Å². The van der Waals surface area contributed by atoms with Gasteiger partial charge in [0.25, 0.3) is 5.92 Å².